The summed E-state index contributed by atoms with van der Waals surface area (Å²) in [6.07, 6.45) is 1.03. The summed E-state index contributed by atoms with van der Waals surface area (Å²) in [6, 6.07) is 1.57. The minimum absolute atomic E-state index is 0.316. The van der Waals surface area contributed by atoms with E-state index >= 15 is 0 Å². The number of hydrogen-bond donors (Lipinski definition) is 3. The largest absolute Gasteiger partial charge is 0.505 e. The maximum absolute atomic E-state index is 10.8. The summed E-state index contributed by atoms with van der Waals surface area (Å²) in [4.78, 5) is 14.4. The summed E-state index contributed by atoms with van der Waals surface area (Å²) in [5.74, 6) is -1.56. The van der Waals surface area contributed by atoms with Gasteiger partial charge < -0.3 is 20.3 Å². The van der Waals surface area contributed by atoms with Crippen molar-refractivity contribution < 1.29 is 19.7 Å². The van der Waals surface area contributed by atoms with E-state index in [0.717, 1.165) is 6.54 Å². The van der Waals surface area contributed by atoms with E-state index in [4.69, 9.17) is 9.84 Å². The summed E-state index contributed by atoms with van der Waals surface area (Å²) >= 11 is 0. The Labute approximate surface area is 91.9 Å². The first-order valence-electron chi connectivity index (χ1n) is 4.93. The van der Waals surface area contributed by atoms with E-state index in [2.05, 4.69) is 10.3 Å². The van der Waals surface area contributed by atoms with E-state index in [1.165, 1.54) is 6.20 Å². The average Bonchev–Trinajstić information content (AvgIpc) is 2.30. The molecular formula is C10H12N2O4. The maximum Gasteiger partial charge on any atom is 0.358 e. The average molecular weight is 224 g/mol. The van der Waals surface area contributed by atoms with Gasteiger partial charge in [-0.3, -0.25) is 0 Å². The standard InChI is InChI=1S/C10H12N2O4/c13-9-6(7-5-11-3-4-16-7)1-2-12-8(9)10(14)15/h1-2,7,11,13H,3-5H2,(H,14,15). The highest BCUT2D eigenvalue weighted by Crippen LogP contribution is 2.29. The molecule has 3 N–H and O–H groups in total. The van der Waals surface area contributed by atoms with Gasteiger partial charge in [-0.15, -0.1) is 0 Å². The quantitative estimate of drug-likeness (QED) is 0.662. The van der Waals surface area contributed by atoms with E-state index in [9.17, 15) is 9.90 Å². The SMILES string of the molecule is O=C(O)c1nccc(C2CNCCO2)c1O. The highest BCUT2D eigenvalue weighted by atomic mass is 16.5. The zero-order valence-corrected chi connectivity index (χ0v) is 8.51. The first-order chi connectivity index (χ1) is 7.70. The fraction of sp³-hybridized carbons (Fsp3) is 0.400. The number of aromatic hydroxyl groups is 1. The number of rotatable bonds is 2. The molecule has 1 atom stereocenters. The van der Waals surface area contributed by atoms with Crippen LogP contribution >= 0.6 is 0 Å². The van der Waals surface area contributed by atoms with Gasteiger partial charge in [-0.1, -0.05) is 0 Å². The first-order valence-corrected chi connectivity index (χ1v) is 4.93. The number of hydrogen-bond acceptors (Lipinski definition) is 5. The zero-order chi connectivity index (χ0) is 11.5. The molecule has 1 aliphatic heterocycles. The van der Waals surface area contributed by atoms with Gasteiger partial charge in [0.15, 0.2) is 11.4 Å². The van der Waals surface area contributed by atoms with Crippen LogP contribution in [0.25, 0.3) is 0 Å². The Morgan fingerprint density at radius 2 is 2.44 bits per heavy atom. The molecule has 1 fully saturated rings. The molecule has 86 valence electrons. The number of nitrogens with zero attached hydrogens (tertiary/aromatic N) is 1. The normalized spacial score (nSPS) is 20.6. The van der Waals surface area contributed by atoms with Crippen molar-refractivity contribution in [3.8, 4) is 5.75 Å². The topological polar surface area (TPSA) is 91.7 Å². The molecule has 2 heterocycles. The summed E-state index contributed by atoms with van der Waals surface area (Å²) in [5.41, 5.74) is 0.117. The van der Waals surface area contributed by atoms with Gasteiger partial charge in [0.25, 0.3) is 0 Å². The number of morpholine rings is 1. The van der Waals surface area contributed by atoms with Gasteiger partial charge in [0.1, 0.15) is 0 Å². The number of aromatic carboxylic acids is 1. The molecule has 0 radical (unpaired) electrons. The van der Waals surface area contributed by atoms with E-state index in [-0.39, 0.29) is 17.5 Å². The van der Waals surface area contributed by atoms with Gasteiger partial charge in [-0.25, -0.2) is 9.78 Å². The maximum atomic E-state index is 10.8. The van der Waals surface area contributed by atoms with E-state index in [1.54, 1.807) is 6.07 Å². The molecule has 0 aromatic carbocycles. The number of aromatic nitrogens is 1. The highest BCUT2D eigenvalue weighted by molar-refractivity contribution is 5.88. The van der Waals surface area contributed by atoms with Crippen molar-refractivity contribution in [3.63, 3.8) is 0 Å². The number of carboxylic acid groups (broad SMARTS) is 1. The minimum atomic E-state index is -1.25. The Morgan fingerprint density at radius 3 is 3.06 bits per heavy atom. The number of ether oxygens (including phenoxy) is 1. The third kappa shape index (κ3) is 1.98. The Balaban J connectivity index is 2.33. The molecule has 1 unspecified atom stereocenters. The van der Waals surface area contributed by atoms with Crippen molar-refractivity contribution in [2.24, 2.45) is 0 Å². The lowest BCUT2D eigenvalue weighted by molar-refractivity contribution is 0.0261. The third-order valence-corrected chi connectivity index (χ3v) is 2.43. The summed E-state index contributed by atoms with van der Waals surface area (Å²) < 4.78 is 5.44. The summed E-state index contributed by atoms with van der Waals surface area (Å²) in [6.45, 7) is 1.85. The second-order valence-electron chi connectivity index (χ2n) is 3.47. The van der Waals surface area contributed by atoms with Gasteiger partial charge in [-0.05, 0) is 6.07 Å². The molecule has 16 heavy (non-hydrogen) atoms. The van der Waals surface area contributed by atoms with Crippen molar-refractivity contribution in [3.05, 3.63) is 23.5 Å². The van der Waals surface area contributed by atoms with E-state index in [1.807, 2.05) is 0 Å². The monoisotopic (exact) mass is 224 g/mol. The Kier molecular flexibility index (Phi) is 3.02. The lowest BCUT2D eigenvalue weighted by Gasteiger charge is -2.24. The van der Waals surface area contributed by atoms with Crippen LogP contribution in [0.2, 0.25) is 0 Å². The van der Waals surface area contributed by atoms with Crippen LogP contribution in [0, 0.1) is 0 Å². The second-order valence-corrected chi connectivity index (χ2v) is 3.47. The van der Waals surface area contributed by atoms with Crippen molar-refractivity contribution in [1.82, 2.24) is 10.3 Å². The number of carboxylic acids is 1. The van der Waals surface area contributed by atoms with Gasteiger partial charge in [0.05, 0.1) is 12.7 Å². The second kappa shape index (κ2) is 4.46. The van der Waals surface area contributed by atoms with Crippen LogP contribution < -0.4 is 5.32 Å². The predicted molar refractivity (Wildman–Crippen MR) is 54.4 cm³/mol. The van der Waals surface area contributed by atoms with Crippen molar-refractivity contribution >= 4 is 5.97 Å². The highest BCUT2D eigenvalue weighted by Gasteiger charge is 2.23. The fourth-order valence-corrected chi connectivity index (χ4v) is 1.65. The number of pyridine rings is 1. The van der Waals surface area contributed by atoms with Crippen LogP contribution in [0.3, 0.4) is 0 Å². The van der Waals surface area contributed by atoms with Gasteiger partial charge >= 0.3 is 5.97 Å². The molecule has 0 bridgehead atoms. The molecule has 0 spiro atoms. The van der Waals surface area contributed by atoms with Crippen LogP contribution in [0.1, 0.15) is 22.2 Å². The van der Waals surface area contributed by atoms with Crippen molar-refractivity contribution in [1.29, 1.82) is 0 Å². The molecule has 0 saturated carbocycles. The fourth-order valence-electron chi connectivity index (χ4n) is 1.65. The molecule has 1 aliphatic rings. The zero-order valence-electron chi connectivity index (χ0n) is 8.51. The third-order valence-electron chi connectivity index (χ3n) is 2.43. The lowest BCUT2D eigenvalue weighted by Crippen LogP contribution is -2.33. The minimum Gasteiger partial charge on any atom is -0.505 e. The number of carbonyl (C=O) groups is 1. The van der Waals surface area contributed by atoms with Crippen LogP contribution in [0.5, 0.6) is 5.75 Å². The van der Waals surface area contributed by atoms with Gasteiger partial charge in [0.2, 0.25) is 0 Å². The summed E-state index contributed by atoms with van der Waals surface area (Å²) in [5, 5.41) is 21.7. The molecule has 6 nitrogen and oxygen atoms in total. The molecule has 1 saturated heterocycles. The Bertz CT molecular complexity index is 402. The molecular weight excluding hydrogens is 212 g/mol. The van der Waals surface area contributed by atoms with Gasteiger partial charge in [0, 0.05) is 24.8 Å². The first kappa shape index (κ1) is 10.8. The van der Waals surface area contributed by atoms with Crippen LogP contribution in [0.15, 0.2) is 12.3 Å². The predicted octanol–water partition coefficient (Wildman–Crippen LogP) is 0.146. The molecule has 2 rings (SSSR count). The van der Waals surface area contributed by atoms with Crippen LogP contribution in [-0.2, 0) is 4.74 Å². The molecule has 1 aromatic rings. The number of nitrogens with one attached hydrogen (secondary N) is 1. The molecule has 6 heteroatoms. The summed E-state index contributed by atoms with van der Waals surface area (Å²) in [7, 11) is 0. The van der Waals surface area contributed by atoms with Crippen LogP contribution in [0.4, 0.5) is 0 Å². The van der Waals surface area contributed by atoms with Crippen molar-refractivity contribution in [2.75, 3.05) is 19.7 Å². The van der Waals surface area contributed by atoms with Gasteiger partial charge in [-0.2, -0.15) is 0 Å². The molecule has 0 aliphatic carbocycles. The van der Waals surface area contributed by atoms with Crippen molar-refractivity contribution in [2.45, 2.75) is 6.10 Å². The Hall–Kier alpha value is -1.66. The smallest absolute Gasteiger partial charge is 0.358 e. The Morgan fingerprint density at radius 1 is 1.62 bits per heavy atom. The molecule has 1 aromatic heterocycles. The van der Waals surface area contributed by atoms with Crippen LogP contribution in [-0.4, -0.2) is 40.9 Å². The lowest BCUT2D eigenvalue weighted by atomic mass is 10.1. The van der Waals surface area contributed by atoms with E-state index < -0.39 is 5.97 Å². The molecule has 0 amide bonds. The van der Waals surface area contributed by atoms with E-state index in [0.29, 0.717) is 18.7 Å².